The minimum absolute atomic E-state index is 1.16. The van der Waals surface area contributed by atoms with Crippen molar-refractivity contribution in [3.63, 3.8) is 0 Å². The van der Waals surface area contributed by atoms with Crippen LogP contribution in [0.15, 0.2) is 194 Å². The summed E-state index contributed by atoms with van der Waals surface area (Å²) in [7, 11) is 0. The third kappa shape index (κ3) is 4.60. The van der Waals surface area contributed by atoms with Crippen LogP contribution in [-0.2, 0) is 0 Å². The molecule has 0 amide bonds. The Morgan fingerprint density at radius 3 is 1.73 bits per heavy atom. The zero-order valence-corrected chi connectivity index (χ0v) is 30.6. The molecule has 0 saturated heterocycles. The third-order valence-corrected chi connectivity index (χ3v) is 12.6. The van der Waals surface area contributed by atoms with E-state index in [0.717, 1.165) is 5.69 Å². The van der Waals surface area contributed by atoms with E-state index in [1.165, 1.54) is 102 Å². The van der Waals surface area contributed by atoms with Gasteiger partial charge in [-0.05, 0) is 99.8 Å². The highest BCUT2D eigenvalue weighted by Gasteiger charge is 2.20. The first-order chi connectivity index (χ1) is 27.3. The summed E-state index contributed by atoms with van der Waals surface area (Å²) in [6.45, 7) is 0. The summed E-state index contributed by atoms with van der Waals surface area (Å²) in [5.41, 5.74) is 12.1. The molecule has 3 aromatic heterocycles. The summed E-state index contributed by atoms with van der Waals surface area (Å²) in [5.74, 6) is 0. The Morgan fingerprint density at radius 1 is 0.309 bits per heavy atom. The van der Waals surface area contributed by atoms with Crippen molar-refractivity contribution in [1.29, 1.82) is 0 Å². The highest BCUT2D eigenvalue weighted by molar-refractivity contribution is 7.26. The zero-order chi connectivity index (χ0) is 36.0. The van der Waals surface area contributed by atoms with E-state index >= 15 is 0 Å². The van der Waals surface area contributed by atoms with Crippen LogP contribution in [0.1, 0.15) is 0 Å². The summed E-state index contributed by atoms with van der Waals surface area (Å²) in [6, 6.07) is 71.4. The Balaban J connectivity index is 1.06. The van der Waals surface area contributed by atoms with Crippen LogP contribution in [-0.4, -0.2) is 9.13 Å². The van der Waals surface area contributed by atoms with E-state index < -0.39 is 0 Å². The van der Waals surface area contributed by atoms with E-state index in [4.69, 9.17) is 0 Å². The molecule has 3 heterocycles. The van der Waals surface area contributed by atoms with Gasteiger partial charge in [0.15, 0.2) is 0 Å². The van der Waals surface area contributed by atoms with Gasteiger partial charge in [-0.1, -0.05) is 127 Å². The maximum atomic E-state index is 2.50. The van der Waals surface area contributed by atoms with Gasteiger partial charge in [-0.15, -0.1) is 11.3 Å². The van der Waals surface area contributed by atoms with Crippen LogP contribution in [0.25, 0.3) is 108 Å². The van der Waals surface area contributed by atoms with Crippen molar-refractivity contribution in [1.82, 2.24) is 9.13 Å². The van der Waals surface area contributed by atoms with Gasteiger partial charge in [0, 0.05) is 53.1 Å². The third-order valence-electron chi connectivity index (χ3n) is 11.5. The second kappa shape index (κ2) is 11.8. The van der Waals surface area contributed by atoms with E-state index in [2.05, 4.69) is 203 Å². The highest BCUT2D eigenvalue weighted by Crippen LogP contribution is 2.44. The van der Waals surface area contributed by atoms with Crippen LogP contribution in [0.3, 0.4) is 0 Å². The van der Waals surface area contributed by atoms with Gasteiger partial charge in [0.05, 0.1) is 22.1 Å². The second-order valence-corrected chi connectivity index (χ2v) is 15.6. The predicted molar refractivity (Wildman–Crippen MR) is 236 cm³/mol. The van der Waals surface area contributed by atoms with Gasteiger partial charge in [-0.2, -0.15) is 0 Å². The smallest absolute Gasteiger partial charge is 0.0634 e. The summed E-state index contributed by atoms with van der Waals surface area (Å²) in [6.07, 6.45) is 0. The molecule has 2 nitrogen and oxygen atoms in total. The Hall–Kier alpha value is -6.94. The minimum atomic E-state index is 1.16. The molecule has 0 bridgehead atoms. The van der Waals surface area contributed by atoms with Crippen molar-refractivity contribution in [2.75, 3.05) is 0 Å². The molecule has 0 radical (unpaired) electrons. The number of fused-ring (bicyclic) bond motifs is 11. The Bertz CT molecular complexity index is 3470. The van der Waals surface area contributed by atoms with E-state index in [9.17, 15) is 0 Å². The lowest BCUT2D eigenvalue weighted by Gasteiger charge is -2.11. The molecule has 55 heavy (non-hydrogen) atoms. The summed E-state index contributed by atoms with van der Waals surface area (Å²) in [4.78, 5) is 0. The second-order valence-electron chi connectivity index (χ2n) is 14.5. The number of para-hydroxylation sites is 1. The summed E-state index contributed by atoms with van der Waals surface area (Å²) in [5, 5.41) is 10.2. The first-order valence-corrected chi connectivity index (χ1v) is 19.7. The van der Waals surface area contributed by atoms with Crippen molar-refractivity contribution < 1.29 is 0 Å². The van der Waals surface area contributed by atoms with Gasteiger partial charge in [-0.3, -0.25) is 0 Å². The average Bonchev–Trinajstić information content (AvgIpc) is 3.91. The summed E-state index contributed by atoms with van der Waals surface area (Å²) >= 11 is 1.88. The molecule has 12 rings (SSSR count). The highest BCUT2D eigenvalue weighted by atomic mass is 32.1. The molecular formula is C52H32N2S. The SMILES string of the molecule is c1ccc(-c2ccc(-n3c4ccccc4c4cc(-c5ccc6c(c5)c5ccc7sc8ccccc8c7c5n6-c5ccc6ccccc6c5)ccc43)cc2)cc1. The standard InChI is InChI=1S/C52H32N2S/c1-2-10-33(11-3-1)35-18-23-39(24-19-35)53-46-16-8-6-14-41(46)44-31-37(21-27-47(44)53)38-22-28-48-45(32-38)42-26-29-50-51(43-15-7-9-17-49(43)55-50)52(42)54(48)40-25-20-34-12-4-5-13-36(34)30-40/h1-32H. The molecule has 9 aromatic carbocycles. The lowest BCUT2D eigenvalue weighted by atomic mass is 10.00. The molecular weight excluding hydrogens is 685 g/mol. The molecule has 0 aliphatic carbocycles. The van der Waals surface area contributed by atoms with Crippen LogP contribution < -0.4 is 0 Å². The number of rotatable bonds is 4. The molecule has 256 valence electrons. The normalized spacial score (nSPS) is 12.0. The van der Waals surface area contributed by atoms with Crippen LogP contribution >= 0.6 is 11.3 Å². The van der Waals surface area contributed by atoms with Crippen LogP contribution in [0.5, 0.6) is 0 Å². The van der Waals surface area contributed by atoms with Crippen molar-refractivity contribution in [2.45, 2.75) is 0 Å². The number of hydrogen-bond acceptors (Lipinski definition) is 1. The van der Waals surface area contributed by atoms with Gasteiger partial charge >= 0.3 is 0 Å². The Kier molecular flexibility index (Phi) is 6.54. The Labute approximate surface area is 321 Å². The van der Waals surface area contributed by atoms with Gasteiger partial charge < -0.3 is 9.13 Å². The Morgan fingerprint density at radius 2 is 0.909 bits per heavy atom. The molecule has 0 aliphatic rings. The van der Waals surface area contributed by atoms with Gasteiger partial charge in [0.2, 0.25) is 0 Å². The van der Waals surface area contributed by atoms with Crippen molar-refractivity contribution in [3.8, 4) is 33.6 Å². The predicted octanol–water partition coefficient (Wildman–Crippen LogP) is 14.7. The number of nitrogens with zero attached hydrogens (tertiary/aromatic N) is 2. The number of hydrogen-bond donors (Lipinski definition) is 0. The van der Waals surface area contributed by atoms with Crippen LogP contribution in [0, 0.1) is 0 Å². The molecule has 3 heteroatoms. The van der Waals surface area contributed by atoms with Crippen molar-refractivity contribution in [3.05, 3.63) is 194 Å². The number of benzene rings is 9. The first-order valence-electron chi connectivity index (χ1n) is 18.8. The van der Waals surface area contributed by atoms with E-state index in [0.29, 0.717) is 0 Å². The van der Waals surface area contributed by atoms with E-state index in [1.807, 2.05) is 11.3 Å². The van der Waals surface area contributed by atoms with Gasteiger partial charge in [0.1, 0.15) is 0 Å². The molecule has 0 fully saturated rings. The van der Waals surface area contributed by atoms with E-state index in [1.54, 1.807) is 0 Å². The maximum Gasteiger partial charge on any atom is 0.0634 e. The van der Waals surface area contributed by atoms with Gasteiger partial charge in [0.25, 0.3) is 0 Å². The number of thiophene rings is 1. The largest absolute Gasteiger partial charge is 0.309 e. The van der Waals surface area contributed by atoms with Gasteiger partial charge in [-0.25, -0.2) is 0 Å². The summed E-state index contributed by atoms with van der Waals surface area (Å²) < 4.78 is 7.54. The van der Waals surface area contributed by atoms with Crippen molar-refractivity contribution >= 4 is 85.9 Å². The first kappa shape index (κ1) is 30.5. The fourth-order valence-electron chi connectivity index (χ4n) is 8.94. The quantitative estimate of drug-likeness (QED) is 0.172. The van der Waals surface area contributed by atoms with E-state index in [-0.39, 0.29) is 0 Å². The maximum absolute atomic E-state index is 2.50. The average molecular weight is 717 g/mol. The van der Waals surface area contributed by atoms with Crippen LogP contribution in [0.4, 0.5) is 0 Å². The fraction of sp³-hybridized carbons (Fsp3) is 0. The fourth-order valence-corrected chi connectivity index (χ4v) is 10.1. The monoisotopic (exact) mass is 716 g/mol. The molecule has 0 saturated carbocycles. The lowest BCUT2D eigenvalue weighted by Crippen LogP contribution is -1.94. The number of aromatic nitrogens is 2. The molecule has 0 atom stereocenters. The minimum Gasteiger partial charge on any atom is -0.309 e. The lowest BCUT2D eigenvalue weighted by molar-refractivity contribution is 1.18. The van der Waals surface area contributed by atoms with Crippen molar-refractivity contribution in [2.24, 2.45) is 0 Å². The molecule has 0 aliphatic heterocycles. The topological polar surface area (TPSA) is 9.86 Å². The molecule has 0 N–H and O–H groups in total. The molecule has 0 unspecified atom stereocenters. The molecule has 12 aromatic rings. The van der Waals surface area contributed by atoms with Crippen LogP contribution in [0.2, 0.25) is 0 Å². The zero-order valence-electron chi connectivity index (χ0n) is 29.8. The molecule has 0 spiro atoms.